The van der Waals surface area contributed by atoms with Crippen LogP contribution >= 0.6 is 11.8 Å². The molecule has 1 aromatic carbocycles. The van der Waals surface area contributed by atoms with E-state index in [4.69, 9.17) is 5.73 Å². The minimum Gasteiger partial charge on any atom is -0.325 e. The summed E-state index contributed by atoms with van der Waals surface area (Å²) in [6.45, 7) is 0.410. The molecule has 0 saturated heterocycles. The highest BCUT2D eigenvalue weighted by atomic mass is 32.2. The van der Waals surface area contributed by atoms with Gasteiger partial charge >= 0.3 is 0 Å². The molecule has 0 saturated carbocycles. The van der Waals surface area contributed by atoms with E-state index in [1.807, 2.05) is 0 Å². The normalized spacial score (nSPS) is 10.4. The second-order valence-corrected chi connectivity index (χ2v) is 4.16. The molecule has 0 unspecified atom stereocenters. The standard InChI is InChI=1S/C12H13N3S/c1-16-10-4-2-9(3-5-10)12-11(8-13)14-6-7-15-12/h2-7H,8,13H2,1H3. The minimum atomic E-state index is 0.410. The van der Waals surface area contributed by atoms with E-state index in [-0.39, 0.29) is 0 Å². The summed E-state index contributed by atoms with van der Waals surface area (Å²) in [4.78, 5) is 9.79. The van der Waals surface area contributed by atoms with Gasteiger partial charge in [0.2, 0.25) is 0 Å². The molecule has 0 amide bonds. The maximum atomic E-state index is 5.64. The predicted octanol–water partition coefficient (Wildman–Crippen LogP) is 2.32. The fraction of sp³-hybridized carbons (Fsp3) is 0.167. The van der Waals surface area contributed by atoms with Gasteiger partial charge in [0.1, 0.15) is 0 Å². The van der Waals surface area contributed by atoms with Crippen LogP contribution in [0.4, 0.5) is 0 Å². The molecule has 4 heteroatoms. The van der Waals surface area contributed by atoms with E-state index < -0.39 is 0 Å². The highest BCUT2D eigenvalue weighted by molar-refractivity contribution is 7.98. The van der Waals surface area contributed by atoms with Crippen LogP contribution in [0.5, 0.6) is 0 Å². The second-order valence-electron chi connectivity index (χ2n) is 3.28. The molecule has 0 spiro atoms. The van der Waals surface area contributed by atoms with E-state index in [2.05, 4.69) is 40.5 Å². The molecule has 0 bridgehead atoms. The summed E-state index contributed by atoms with van der Waals surface area (Å²) in [6.07, 6.45) is 5.42. The van der Waals surface area contributed by atoms with Crippen molar-refractivity contribution in [2.45, 2.75) is 11.4 Å². The van der Waals surface area contributed by atoms with Crippen LogP contribution in [0.25, 0.3) is 11.3 Å². The number of aromatic nitrogens is 2. The molecule has 2 aromatic rings. The Bertz CT molecular complexity index is 468. The van der Waals surface area contributed by atoms with Crippen LogP contribution in [0.1, 0.15) is 5.69 Å². The zero-order chi connectivity index (χ0) is 11.4. The topological polar surface area (TPSA) is 51.8 Å². The Morgan fingerprint density at radius 1 is 1.12 bits per heavy atom. The maximum Gasteiger partial charge on any atom is 0.0930 e. The van der Waals surface area contributed by atoms with Crippen LogP contribution in [0, 0.1) is 0 Å². The lowest BCUT2D eigenvalue weighted by Crippen LogP contribution is -2.03. The number of hydrogen-bond donors (Lipinski definition) is 1. The third kappa shape index (κ3) is 2.23. The number of benzene rings is 1. The first-order valence-electron chi connectivity index (χ1n) is 4.99. The summed E-state index contributed by atoms with van der Waals surface area (Å²) in [7, 11) is 0. The molecule has 0 aliphatic rings. The molecule has 0 aliphatic carbocycles. The van der Waals surface area contributed by atoms with Gasteiger partial charge in [-0.25, -0.2) is 0 Å². The smallest absolute Gasteiger partial charge is 0.0930 e. The molecule has 1 aromatic heterocycles. The fourth-order valence-corrected chi connectivity index (χ4v) is 1.91. The molecule has 1 heterocycles. The average Bonchev–Trinajstić information content (AvgIpc) is 2.39. The highest BCUT2D eigenvalue weighted by Crippen LogP contribution is 2.22. The van der Waals surface area contributed by atoms with E-state index in [1.165, 1.54) is 4.90 Å². The summed E-state index contributed by atoms with van der Waals surface area (Å²) in [5.74, 6) is 0. The van der Waals surface area contributed by atoms with Crippen LogP contribution in [-0.2, 0) is 6.54 Å². The first kappa shape index (κ1) is 11.1. The zero-order valence-electron chi connectivity index (χ0n) is 9.05. The van der Waals surface area contributed by atoms with Crippen LogP contribution in [0.3, 0.4) is 0 Å². The van der Waals surface area contributed by atoms with Crippen molar-refractivity contribution in [2.75, 3.05) is 6.26 Å². The van der Waals surface area contributed by atoms with Crippen molar-refractivity contribution < 1.29 is 0 Å². The summed E-state index contributed by atoms with van der Waals surface area (Å²) >= 11 is 1.72. The molecule has 2 rings (SSSR count). The Labute approximate surface area is 99.1 Å². The first-order valence-corrected chi connectivity index (χ1v) is 6.22. The van der Waals surface area contributed by atoms with Crippen LogP contribution in [0.15, 0.2) is 41.6 Å². The van der Waals surface area contributed by atoms with E-state index in [9.17, 15) is 0 Å². The predicted molar refractivity (Wildman–Crippen MR) is 67.1 cm³/mol. The first-order chi connectivity index (χ1) is 7.85. The van der Waals surface area contributed by atoms with Gasteiger partial charge < -0.3 is 5.73 Å². The van der Waals surface area contributed by atoms with Gasteiger partial charge in [0, 0.05) is 29.4 Å². The summed E-state index contributed by atoms with van der Waals surface area (Å²) in [6, 6.07) is 8.26. The second kappa shape index (κ2) is 5.09. The lowest BCUT2D eigenvalue weighted by Gasteiger charge is -2.05. The van der Waals surface area contributed by atoms with Crippen molar-refractivity contribution in [2.24, 2.45) is 5.73 Å². The Morgan fingerprint density at radius 2 is 1.81 bits per heavy atom. The van der Waals surface area contributed by atoms with Gasteiger partial charge in [0.05, 0.1) is 11.4 Å². The number of hydrogen-bond acceptors (Lipinski definition) is 4. The van der Waals surface area contributed by atoms with Crippen LogP contribution < -0.4 is 5.73 Å². The molecule has 0 aliphatic heterocycles. The van der Waals surface area contributed by atoms with Gasteiger partial charge in [-0.05, 0) is 18.4 Å². The molecular weight excluding hydrogens is 218 g/mol. The fourth-order valence-electron chi connectivity index (χ4n) is 1.51. The van der Waals surface area contributed by atoms with E-state index in [0.29, 0.717) is 6.54 Å². The van der Waals surface area contributed by atoms with Crippen LogP contribution in [-0.4, -0.2) is 16.2 Å². The molecule has 16 heavy (non-hydrogen) atoms. The molecule has 82 valence electrons. The average molecular weight is 231 g/mol. The molecule has 0 fully saturated rings. The van der Waals surface area contributed by atoms with Gasteiger partial charge in [-0.1, -0.05) is 12.1 Å². The number of nitrogens with zero attached hydrogens (tertiary/aromatic N) is 2. The maximum absolute atomic E-state index is 5.64. The number of thioether (sulfide) groups is 1. The number of rotatable bonds is 3. The lowest BCUT2D eigenvalue weighted by molar-refractivity contribution is 0.969. The van der Waals surface area contributed by atoms with E-state index >= 15 is 0 Å². The van der Waals surface area contributed by atoms with Crippen molar-refractivity contribution in [1.29, 1.82) is 0 Å². The number of nitrogens with two attached hydrogens (primary N) is 1. The van der Waals surface area contributed by atoms with Gasteiger partial charge in [0.25, 0.3) is 0 Å². The Morgan fingerprint density at radius 3 is 2.44 bits per heavy atom. The Balaban J connectivity index is 2.42. The monoisotopic (exact) mass is 231 g/mol. The van der Waals surface area contributed by atoms with Crippen molar-refractivity contribution in [3.8, 4) is 11.3 Å². The Kier molecular flexibility index (Phi) is 3.54. The van der Waals surface area contributed by atoms with E-state index in [1.54, 1.807) is 24.2 Å². The molecule has 2 N–H and O–H groups in total. The summed E-state index contributed by atoms with van der Waals surface area (Å²) in [5.41, 5.74) is 8.40. The van der Waals surface area contributed by atoms with Crippen molar-refractivity contribution in [3.05, 3.63) is 42.4 Å². The third-order valence-corrected chi connectivity index (χ3v) is 3.07. The van der Waals surface area contributed by atoms with Crippen molar-refractivity contribution in [1.82, 2.24) is 9.97 Å². The van der Waals surface area contributed by atoms with Gasteiger partial charge in [-0.2, -0.15) is 0 Å². The SMILES string of the molecule is CSc1ccc(-c2nccnc2CN)cc1. The van der Waals surface area contributed by atoms with E-state index in [0.717, 1.165) is 17.0 Å². The third-order valence-electron chi connectivity index (χ3n) is 2.33. The molecule has 0 atom stereocenters. The zero-order valence-corrected chi connectivity index (χ0v) is 9.87. The highest BCUT2D eigenvalue weighted by Gasteiger charge is 2.05. The Hall–Kier alpha value is -1.39. The van der Waals surface area contributed by atoms with Gasteiger partial charge in [-0.15, -0.1) is 11.8 Å². The van der Waals surface area contributed by atoms with Crippen molar-refractivity contribution >= 4 is 11.8 Å². The quantitative estimate of drug-likeness (QED) is 0.824. The van der Waals surface area contributed by atoms with Crippen LogP contribution in [0.2, 0.25) is 0 Å². The minimum absolute atomic E-state index is 0.410. The molecule has 0 radical (unpaired) electrons. The van der Waals surface area contributed by atoms with Crippen molar-refractivity contribution in [3.63, 3.8) is 0 Å². The lowest BCUT2D eigenvalue weighted by atomic mass is 10.1. The summed E-state index contributed by atoms with van der Waals surface area (Å²) < 4.78 is 0. The van der Waals surface area contributed by atoms with Gasteiger partial charge in [0.15, 0.2) is 0 Å². The molecule has 3 nitrogen and oxygen atoms in total. The molecular formula is C12H13N3S. The summed E-state index contributed by atoms with van der Waals surface area (Å²) in [5, 5.41) is 0. The van der Waals surface area contributed by atoms with Gasteiger partial charge in [-0.3, -0.25) is 9.97 Å². The largest absolute Gasteiger partial charge is 0.325 e.